The van der Waals surface area contributed by atoms with E-state index in [1.165, 1.54) is 11.6 Å². The molecule has 6 heteroatoms. The van der Waals surface area contributed by atoms with Crippen LogP contribution in [0.15, 0.2) is 42.5 Å². The van der Waals surface area contributed by atoms with Crippen LogP contribution in [-0.2, 0) is 17.7 Å². The van der Waals surface area contributed by atoms with Crippen LogP contribution in [0.1, 0.15) is 39.4 Å². The predicted octanol–water partition coefficient (Wildman–Crippen LogP) is 3.12. The molecule has 2 N–H and O–H groups in total. The average molecular weight is 384 g/mol. The summed E-state index contributed by atoms with van der Waals surface area (Å²) in [5, 5.41) is 8.91. The van der Waals surface area contributed by atoms with Gasteiger partial charge in [0.05, 0.1) is 13.2 Å². The van der Waals surface area contributed by atoms with E-state index in [9.17, 15) is 9.18 Å². The molecule has 0 saturated carbocycles. The van der Waals surface area contributed by atoms with Crippen molar-refractivity contribution in [1.29, 1.82) is 0 Å². The highest BCUT2D eigenvalue weighted by molar-refractivity contribution is 5.93. The lowest BCUT2D eigenvalue weighted by molar-refractivity contribution is -0.0484. The molecule has 1 saturated heterocycles. The second-order valence-corrected chi connectivity index (χ2v) is 7.78. The molecule has 4 rings (SSSR count). The van der Waals surface area contributed by atoms with Crippen molar-refractivity contribution >= 4 is 5.91 Å². The number of hydrogen-bond acceptors (Lipinski definition) is 4. The van der Waals surface area contributed by atoms with Crippen LogP contribution in [0.5, 0.6) is 0 Å². The van der Waals surface area contributed by atoms with Crippen LogP contribution >= 0.6 is 0 Å². The number of fused-ring (bicyclic) bond motifs is 1. The van der Waals surface area contributed by atoms with E-state index in [0.717, 1.165) is 38.3 Å². The monoisotopic (exact) mass is 384 g/mol. The summed E-state index contributed by atoms with van der Waals surface area (Å²) in [5.74, 6) is -0.246. The normalized spacial score (nSPS) is 20.6. The van der Waals surface area contributed by atoms with E-state index in [4.69, 9.17) is 9.94 Å². The number of carbonyl (C=O) groups excluding carboxylic acids is 1. The third-order valence-corrected chi connectivity index (χ3v) is 5.76. The Labute approximate surface area is 164 Å². The molecule has 2 aliphatic rings. The summed E-state index contributed by atoms with van der Waals surface area (Å²) in [6.45, 7) is 3.89. The first-order chi connectivity index (χ1) is 13.6. The lowest BCUT2D eigenvalue weighted by Gasteiger charge is -2.36. The summed E-state index contributed by atoms with van der Waals surface area (Å²) in [5.41, 5.74) is 4.51. The van der Waals surface area contributed by atoms with Crippen molar-refractivity contribution < 1.29 is 19.1 Å². The fraction of sp³-hybridized carbons (Fsp3) is 0.409. The van der Waals surface area contributed by atoms with Crippen LogP contribution in [-0.4, -0.2) is 42.3 Å². The number of hydroxylamine groups is 1. The number of nitrogens with zero attached hydrogens (tertiary/aromatic N) is 1. The zero-order chi connectivity index (χ0) is 19.5. The molecule has 2 heterocycles. The molecule has 0 radical (unpaired) electrons. The molecule has 2 aromatic carbocycles. The van der Waals surface area contributed by atoms with Crippen LogP contribution in [0.4, 0.5) is 4.39 Å². The number of nitrogens with one attached hydrogen (secondary N) is 1. The van der Waals surface area contributed by atoms with Crippen LogP contribution in [0, 0.1) is 11.7 Å². The molecule has 1 unspecified atom stereocenters. The number of halogens is 1. The van der Waals surface area contributed by atoms with Crippen LogP contribution in [0.25, 0.3) is 0 Å². The maximum absolute atomic E-state index is 14.8. The Morgan fingerprint density at radius 1 is 1.25 bits per heavy atom. The van der Waals surface area contributed by atoms with Crippen LogP contribution in [0.3, 0.4) is 0 Å². The van der Waals surface area contributed by atoms with Crippen molar-refractivity contribution in [1.82, 2.24) is 10.4 Å². The highest BCUT2D eigenvalue weighted by atomic mass is 19.1. The molecule has 0 aliphatic carbocycles. The minimum atomic E-state index is -0.690. The molecule has 5 nitrogen and oxygen atoms in total. The third-order valence-electron chi connectivity index (χ3n) is 5.76. The fourth-order valence-electron chi connectivity index (χ4n) is 4.23. The summed E-state index contributed by atoms with van der Waals surface area (Å²) in [4.78, 5) is 14.1. The third kappa shape index (κ3) is 4.09. The minimum Gasteiger partial charge on any atom is -0.381 e. The van der Waals surface area contributed by atoms with Gasteiger partial charge in [0.15, 0.2) is 0 Å². The van der Waals surface area contributed by atoms with Crippen molar-refractivity contribution in [3.63, 3.8) is 0 Å². The van der Waals surface area contributed by atoms with Gasteiger partial charge >= 0.3 is 0 Å². The summed E-state index contributed by atoms with van der Waals surface area (Å²) < 4.78 is 20.2. The van der Waals surface area contributed by atoms with E-state index in [1.807, 2.05) is 18.2 Å². The molecule has 148 valence electrons. The first kappa shape index (κ1) is 19.1. The maximum atomic E-state index is 14.8. The standard InChI is InChI=1S/C22H25FN2O3/c23-21-9-18(22(26)24-27)8-19-12-25(10-15-13-28-14-15)11-17(6-7-20(19)21)16-4-2-1-3-5-16/h1-5,8-9,15,17,27H,6-7,10-14H2,(H,24,26). The molecular formula is C22H25FN2O3. The molecule has 1 fully saturated rings. The Balaban J connectivity index is 1.66. The number of amides is 1. The van der Waals surface area contributed by atoms with E-state index >= 15 is 0 Å². The molecule has 2 aromatic rings. The van der Waals surface area contributed by atoms with Gasteiger partial charge in [-0.15, -0.1) is 0 Å². The molecule has 1 amide bonds. The Kier molecular flexibility index (Phi) is 5.71. The zero-order valence-electron chi connectivity index (χ0n) is 15.7. The number of ether oxygens (including phenoxy) is 1. The van der Waals surface area contributed by atoms with Crippen molar-refractivity contribution in [2.75, 3.05) is 26.3 Å². The number of carbonyl (C=O) groups is 1. The van der Waals surface area contributed by atoms with Gasteiger partial charge in [0.2, 0.25) is 0 Å². The van der Waals surface area contributed by atoms with E-state index in [1.54, 1.807) is 11.5 Å². The SMILES string of the molecule is O=C(NO)c1cc(F)c2c(c1)CN(CC1COC1)CC(c1ccccc1)CC2. The van der Waals surface area contributed by atoms with Gasteiger partial charge in [-0.1, -0.05) is 30.3 Å². The maximum Gasteiger partial charge on any atom is 0.274 e. The molecule has 0 spiro atoms. The van der Waals surface area contributed by atoms with Crippen molar-refractivity contribution in [2.45, 2.75) is 25.3 Å². The highest BCUT2D eigenvalue weighted by Gasteiger charge is 2.28. The van der Waals surface area contributed by atoms with Crippen LogP contribution in [0.2, 0.25) is 0 Å². The Morgan fingerprint density at radius 3 is 2.71 bits per heavy atom. The smallest absolute Gasteiger partial charge is 0.274 e. The largest absolute Gasteiger partial charge is 0.381 e. The molecule has 0 bridgehead atoms. The summed E-state index contributed by atoms with van der Waals surface area (Å²) >= 11 is 0. The second kappa shape index (κ2) is 8.39. The Bertz CT molecular complexity index is 839. The van der Waals surface area contributed by atoms with E-state index in [2.05, 4.69) is 17.0 Å². The van der Waals surface area contributed by atoms with Crippen LogP contribution < -0.4 is 5.48 Å². The van der Waals surface area contributed by atoms with Gasteiger partial charge in [0, 0.05) is 31.1 Å². The van der Waals surface area contributed by atoms with E-state index < -0.39 is 5.91 Å². The molecule has 1 atom stereocenters. The quantitative estimate of drug-likeness (QED) is 0.628. The van der Waals surface area contributed by atoms with Crippen molar-refractivity contribution in [3.05, 3.63) is 70.5 Å². The lowest BCUT2D eigenvalue weighted by Crippen LogP contribution is -2.41. The lowest BCUT2D eigenvalue weighted by atomic mass is 9.87. The zero-order valence-corrected chi connectivity index (χ0v) is 15.7. The van der Waals surface area contributed by atoms with Gasteiger partial charge in [-0.2, -0.15) is 0 Å². The van der Waals surface area contributed by atoms with E-state index in [0.29, 0.717) is 30.4 Å². The number of benzene rings is 2. The Morgan fingerprint density at radius 2 is 2.04 bits per heavy atom. The minimum absolute atomic E-state index is 0.144. The van der Waals surface area contributed by atoms with Gasteiger partial charge in [-0.05, 0) is 47.6 Å². The molecule has 28 heavy (non-hydrogen) atoms. The molecule has 0 aromatic heterocycles. The molecule has 2 aliphatic heterocycles. The van der Waals surface area contributed by atoms with Gasteiger partial charge in [0.1, 0.15) is 5.82 Å². The van der Waals surface area contributed by atoms with Gasteiger partial charge in [-0.25, -0.2) is 9.87 Å². The number of rotatable bonds is 4. The predicted molar refractivity (Wildman–Crippen MR) is 103 cm³/mol. The molecular weight excluding hydrogens is 359 g/mol. The first-order valence-electron chi connectivity index (χ1n) is 9.75. The van der Waals surface area contributed by atoms with Gasteiger partial charge in [-0.3, -0.25) is 14.9 Å². The summed E-state index contributed by atoms with van der Waals surface area (Å²) in [6, 6.07) is 13.3. The van der Waals surface area contributed by atoms with Crippen molar-refractivity contribution in [2.24, 2.45) is 5.92 Å². The van der Waals surface area contributed by atoms with Gasteiger partial charge < -0.3 is 4.74 Å². The topological polar surface area (TPSA) is 61.8 Å². The fourth-order valence-corrected chi connectivity index (χ4v) is 4.23. The first-order valence-corrected chi connectivity index (χ1v) is 9.75. The Hall–Kier alpha value is -2.28. The van der Waals surface area contributed by atoms with E-state index in [-0.39, 0.29) is 11.4 Å². The summed E-state index contributed by atoms with van der Waals surface area (Å²) in [6.07, 6.45) is 1.47. The average Bonchev–Trinajstić information content (AvgIpc) is 2.66. The summed E-state index contributed by atoms with van der Waals surface area (Å²) in [7, 11) is 0. The van der Waals surface area contributed by atoms with Crippen molar-refractivity contribution in [3.8, 4) is 0 Å². The number of hydrogen-bond donors (Lipinski definition) is 2. The second-order valence-electron chi connectivity index (χ2n) is 7.78. The van der Waals surface area contributed by atoms with Gasteiger partial charge in [0.25, 0.3) is 5.91 Å². The highest BCUT2D eigenvalue weighted by Crippen LogP contribution is 2.31.